The van der Waals surface area contributed by atoms with Gasteiger partial charge in [0.2, 0.25) is 0 Å². The zero-order valence-electron chi connectivity index (χ0n) is 16.8. The van der Waals surface area contributed by atoms with Crippen LogP contribution in [-0.4, -0.2) is 49.0 Å². The fraction of sp³-hybridized carbons (Fsp3) is 0.273. The molecule has 2 aromatic carbocycles. The molecule has 1 aliphatic rings. The molecule has 1 fully saturated rings. The van der Waals surface area contributed by atoms with Gasteiger partial charge >= 0.3 is 0 Å². The van der Waals surface area contributed by atoms with Gasteiger partial charge in [-0.3, -0.25) is 4.79 Å². The molecule has 31 heavy (non-hydrogen) atoms. The lowest BCUT2D eigenvalue weighted by molar-refractivity contribution is 0.0670. The number of nitrogens with zero attached hydrogens (tertiary/aromatic N) is 2. The lowest BCUT2D eigenvalue weighted by Crippen LogP contribution is -2.40. The normalized spacial score (nSPS) is 17.4. The third kappa shape index (κ3) is 4.91. The molecule has 7 nitrogen and oxygen atoms in total. The molecule has 0 bridgehead atoms. The number of ether oxygens (including phenoxy) is 1. The van der Waals surface area contributed by atoms with E-state index in [-0.39, 0.29) is 29.7 Å². The molecule has 9 heteroatoms. The number of methoxy groups -OCH3 is 1. The molecule has 1 atom stereocenters. The van der Waals surface area contributed by atoms with Gasteiger partial charge in [-0.25, -0.2) is 8.42 Å². The molecule has 2 heterocycles. The van der Waals surface area contributed by atoms with E-state index in [2.05, 4.69) is 5.16 Å². The van der Waals surface area contributed by atoms with Crippen LogP contribution in [0.1, 0.15) is 22.5 Å². The number of hydrogen-bond donors (Lipinski definition) is 0. The molecular weight excluding hydrogens is 440 g/mol. The first-order valence-corrected chi connectivity index (χ1v) is 11.9. The number of hydrogen-bond acceptors (Lipinski definition) is 6. The van der Waals surface area contributed by atoms with Crippen molar-refractivity contribution < 1.29 is 22.5 Å². The number of halogens is 1. The van der Waals surface area contributed by atoms with E-state index in [0.717, 1.165) is 11.1 Å². The number of carbonyl (C=O) groups excluding carboxylic acids is 1. The van der Waals surface area contributed by atoms with E-state index in [0.29, 0.717) is 23.0 Å². The third-order valence-electron chi connectivity index (χ3n) is 5.28. The minimum Gasteiger partial charge on any atom is -0.497 e. The third-order valence-corrected chi connectivity index (χ3v) is 7.28. The van der Waals surface area contributed by atoms with Gasteiger partial charge in [0.25, 0.3) is 5.91 Å². The summed E-state index contributed by atoms with van der Waals surface area (Å²) in [5.41, 5.74) is 1.73. The summed E-state index contributed by atoms with van der Waals surface area (Å²) in [6, 6.07) is 15.5. The van der Waals surface area contributed by atoms with Gasteiger partial charge in [-0.05, 0) is 48.4 Å². The Morgan fingerprint density at radius 3 is 2.52 bits per heavy atom. The zero-order chi connectivity index (χ0) is 22.0. The van der Waals surface area contributed by atoms with Crippen LogP contribution in [0.4, 0.5) is 0 Å². The van der Waals surface area contributed by atoms with E-state index in [1.54, 1.807) is 42.3 Å². The van der Waals surface area contributed by atoms with E-state index in [1.165, 1.54) is 0 Å². The first-order chi connectivity index (χ1) is 14.8. The predicted octanol–water partition coefficient (Wildman–Crippen LogP) is 3.83. The van der Waals surface area contributed by atoms with Crippen molar-refractivity contribution in [1.29, 1.82) is 0 Å². The number of rotatable bonds is 6. The Balaban J connectivity index is 1.60. The van der Waals surface area contributed by atoms with Crippen LogP contribution in [0, 0.1) is 0 Å². The smallest absolute Gasteiger partial charge is 0.276 e. The quantitative estimate of drug-likeness (QED) is 0.555. The van der Waals surface area contributed by atoms with E-state index in [9.17, 15) is 13.2 Å². The highest BCUT2D eigenvalue weighted by Crippen LogP contribution is 2.26. The molecule has 0 saturated carbocycles. The number of benzene rings is 2. The second-order valence-corrected chi connectivity index (χ2v) is 10.1. The molecule has 0 unspecified atom stereocenters. The standard InChI is InChI=1S/C22H21ClN2O5S/c1-29-19-8-4-16(5-9-19)21-12-20(24-30-21)22(26)25(18-10-11-31(27,28)14-18)13-15-2-6-17(23)7-3-15/h2-9,12,18H,10-11,13-14H2,1H3/t18-/m1/s1. The summed E-state index contributed by atoms with van der Waals surface area (Å²) in [6.07, 6.45) is 0.394. The van der Waals surface area contributed by atoms with Crippen LogP contribution >= 0.6 is 11.6 Å². The van der Waals surface area contributed by atoms with Crippen molar-refractivity contribution in [2.75, 3.05) is 18.6 Å². The highest BCUT2D eigenvalue weighted by atomic mass is 35.5. The van der Waals surface area contributed by atoms with E-state index >= 15 is 0 Å². The molecule has 0 radical (unpaired) electrons. The SMILES string of the molecule is COc1ccc(-c2cc(C(=O)N(Cc3ccc(Cl)cc3)[C@@H]3CCS(=O)(=O)C3)no2)cc1. The molecule has 0 aliphatic carbocycles. The maximum absolute atomic E-state index is 13.3. The lowest BCUT2D eigenvalue weighted by atomic mass is 10.1. The Hall–Kier alpha value is -2.84. The highest BCUT2D eigenvalue weighted by molar-refractivity contribution is 7.91. The monoisotopic (exact) mass is 460 g/mol. The maximum Gasteiger partial charge on any atom is 0.276 e. The second-order valence-electron chi connectivity index (χ2n) is 7.42. The molecule has 0 spiro atoms. The zero-order valence-corrected chi connectivity index (χ0v) is 18.4. The van der Waals surface area contributed by atoms with Gasteiger partial charge in [0.1, 0.15) is 5.75 Å². The average Bonchev–Trinajstić information content (AvgIpc) is 3.39. The van der Waals surface area contributed by atoms with Crippen LogP contribution in [-0.2, 0) is 16.4 Å². The second kappa shape index (κ2) is 8.72. The van der Waals surface area contributed by atoms with Gasteiger partial charge < -0.3 is 14.2 Å². The highest BCUT2D eigenvalue weighted by Gasteiger charge is 2.36. The van der Waals surface area contributed by atoms with Crippen molar-refractivity contribution in [2.24, 2.45) is 0 Å². The van der Waals surface area contributed by atoms with Crippen LogP contribution < -0.4 is 4.74 Å². The molecule has 0 N–H and O–H groups in total. The van der Waals surface area contributed by atoms with Gasteiger partial charge in [-0.15, -0.1) is 0 Å². The van der Waals surface area contributed by atoms with Crippen molar-refractivity contribution in [3.63, 3.8) is 0 Å². The van der Waals surface area contributed by atoms with Gasteiger partial charge in [0.05, 0.1) is 18.6 Å². The number of carbonyl (C=O) groups is 1. The van der Waals surface area contributed by atoms with Crippen LogP contribution in [0.2, 0.25) is 5.02 Å². The summed E-state index contributed by atoms with van der Waals surface area (Å²) in [6.45, 7) is 0.251. The Kier molecular flexibility index (Phi) is 6.02. The van der Waals surface area contributed by atoms with Gasteiger partial charge in [0, 0.05) is 29.2 Å². The summed E-state index contributed by atoms with van der Waals surface area (Å²) >= 11 is 5.96. The fourth-order valence-corrected chi connectivity index (χ4v) is 5.45. The van der Waals surface area contributed by atoms with Crippen molar-refractivity contribution in [3.8, 4) is 17.1 Å². The molecule has 162 valence electrons. The van der Waals surface area contributed by atoms with Crippen molar-refractivity contribution in [3.05, 3.63) is 70.9 Å². The van der Waals surface area contributed by atoms with Gasteiger partial charge in [-0.2, -0.15) is 0 Å². The van der Waals surface area contributed by atoms with E-state index in [4.69, 9.17) is 20.9 Å². The molecule has 1 amide bonds. The average molecular weight is 461 g/mol. The predicted molar refractivity (Wildman–Crippen MR) is 117 cm³/mol. The Labute approximate surface area is 185 Å². The lowest BCUT2D eigenvalue weighted by Gasteiger charge is -2.27. The van der Waals surface area contributed by atoms with E-state index in [1.807, 2.05) is 24.3 Å². The van der Waals surface area contributed by atoms with Gasteiger partial charge in [0.15, 0.2) is 21.3 Å². The number of sulfone groups is 1. The van der Waals surface area contributed by atoms with Crippen molar-refractivity contribution in [1.82, 2.24) is 10.1 Å². The largest absolute Gasteiger partial charge is 0.497 e. The first-order valence-electron chi connectivity index (χ1n) is 9.71. The molecule has 4 rings (SSSR count). The molecule has 1 aromatic heterocycles. The first kappa shape index (κ1) is 21.4. The minimum atomic E-state index is -3.17. The van der Waals surface area contributed by atoms with Gasteiger partial charge in [-0.1, -0.05) is 28.9 Å². The Morgan fingerprint density at radius 2 is 1.90 bits per heavy atom. The fourth-order valence-electron chi connectivity index (χ4n) is 3.59. The minimum absolute atomic E-state index is 0.0600. The van der Waals surface area contributed by atoms with Crippen LogP contribution in [0.25, 0.3) is 11.3 Å². The summed E-state index contributed by atoms with van der Waals surface area (Å²) in [5.74, 6) is 0.779. The molecular formula is C22H21ClN2O5S. The number of aromatic nitrogens is 1. The topological polar surface area (TPSA) is 89.7 Å². The Bertz CT molecular complexity index is 1170. The summed E-state index contributed by atoms with van der Waals surface area (Å²) in [4.78, 5) is 14.9. The molecule has 3 aromatic rings. The van der Waals surface area contributed by atoms with Crippen LogP contribution in [0.5, 0.6) is 5.75 Å². The molecule has 1 aliphatic heterocycles. The summed E-state index contributed by atoms with van der Waals surface area (Å²) in [7, 11) is -1.59. The number of amides is 1. The van der Waals surface area contributed by atoms with Crippen molar-refractivity contribution >= 4 is 27.3 Å². The van der Waals surface area contributed by atoms with Crippen molar-refractivity contribution in [2.45, 2.75) is 19.0 Å². The maximum atomic E-state index is 13.3. The van der Waals surface area contributed by atoms with E-state index < -0.39 is 15.9 Å². The molecule has 1 saturated heterocycles. The summed E-state index contributed by atoms with van der Waals surface area (Å²) in [5, 5.41) is 4.54. The Morgan fingerprint density at radius 1 is 1.19 bits per heavy atom. The summed E-state index contributed by atoms with van der Waals surface area (Å²) < 4.78 is 34.6. The van der Waals surface area contributed by atoms with Crippen LogP contribution in [0.15, 0.2) is 59.1 Å². The van der Waals surface area contributed by atoms with Crippen LogP contribution in [0.3, 0.4) is 0 Å².